The largest absolute Gasteiger partial charge is 0.282 e. The summed E-state index contributed by atoms with van der Waals surface area (Å²) < 4.78 is 0. The number of H-pyrrole nitrogens is 1. The fourth-order valence-electron chi connectivity index (χ4n) is 3.57. The van der Waals surface area contributed by atoms with E-state index in [1.54, 1.807) is 0 Å². The van der Waals surface area contributed by atoms with Gasteiger partial charge in [0.25, 0.3) is 0 Å². The lowest BCUT2D eigenvalue weighted by atomic mass is 9.78. The summed E-state index contributed by atoms with van der Waals surface area (Å²) in [6.45, 7) is 4.52. The third-order valence-electron chi connectivity index (χ3n) is 4.96. The van der Waals surface area contributed by atoms with E-state index in [1.165, 1.54) is 16.8 Å². The Balaban J connectivity index is 2.03. The normalized spacial score (nSPS) is 19.6. The van der Waals surface area contributed by atoms with Crippen LogP contribution in [0.15, 0.2) is 30.5 Å². The first-order chi connectivity index (χ1) is 9.74. The summed E-state index contributed by atoms with van der Waals surface area (Å²) in [7, 11) is 0. The van der Waals surface area contributed by atoms with Crippen molar-refractivity contribution in [2.24, 2.45) is 0 Å². The summed E-state index contributed by atoms with van der Waals surface area (Å²) in [6, 6.07) is 10.2. The molecule has 1 atom stereocenters. The number of rotatable bonds is 3. The molecule has 0 aliphatic heterocycles. The Morgan fingerprint density at radius 3 is 2.60 bits per heavy atom. The Kier molecular flexibility index (Phi) is 3.10. The first-order valence-corrected chi connectivity index (χ1v) is 7.28. The molecule has 20 heavy (non-hydrogen) atoms. The second kappa shape index (κ2) is 4.79. The van der Waals surface area contributed by atoms with Crippen LogP contribution in [0.5, 0.6) is 0 Å². The molecule has 0 fully saturated rings. The maximum atomic E-state index is 8.91. The minimum atomic E-state index is 0.227. The highest BCUT2D eigenvalue weighted by Crippen LogP contribution is 2.51. The second-order valence-electron chi connectivity index (χ2n) is 5.68. The highest BCUT2D eigenvalue weighted by atomic mass is 15.1. The maximum absolute atomic E-state index is 8.91. The van der Waals surface area contributed by atoms with Gasteiger partial charge in [-0.3, -0.25) is 5.10 Å². The van der Waals surface area contributed by atoms with Gasteiger partial charge in [-0.1, -0.05) is 26.0 Å². The smallest absolute Gasteiger partial charge is 0.0991 e. The zero-order chi connectivity index (χ0) is 14.2. The molecule has 2 aromatic rings. The third kappa shape index (κ3) is 1.76. The van der Waals surface area contributed by atoms with Crippen LogP contribution in [0.25, 0.3) is 0 Å². The first-order valence-electron chi connectivity index (χ1n) is 7.28. The van der Waals surface area contributed by atoms with Gasteiger partial charge in [0.1, 0.15) is 0 Å². The molecule has 1 aromatic carbocycles. The van der Waals surface area contributed by atoms with Crippen molar-refractivity contribution in [3.63, 3.8) is 0 Å². The number of nitriles is 1. The van der Waals surface area contributed by atoms with Gasteiger partial charge in [-0.15, -0.1) is 0 Å². The van der Waals surface area contributed by atoms with Crippen molar-refractivity contribution >= 4 is 0 Å². The molecule has 3 heteroatoms. The monoisotopic (exact) mass is 265 g/mol. The topological polar surface area (TPSA) is 52.5 Å². The summed E-state index contributed by atoms with van der Waals surface area (Å²) in [6.07, 6.45) is 5.37. The van der Waals surface area contributed by atoms with E-state index in [0.717, 1.165) is 24.8 Å². The number of nitrogens with one attached hydrogen (secondary N) is 1. The van der Waals surface area contributed by atoms with Crippen LogP contribution in [0.2, 0.25) is 0 Å². The summed E-state index contributed by atoms with van der Waals surface area (Å²) >= 11 is 0. The van der Waals surface area contributed by atoms with Gasteiger partial charge in [0.2, 0.25) is 0 Å². The molecule has 1 N–H and O–H groups in total. The standard InChI is InChI=1S/C17H19N3/c1-3-17(4-2)9-14(15-11-19-20-16(15)17)13-7-5-12(10-18)6-8-13/h5-8,11,14H,3-4,9H2,1-2H3,(H,19,20). The van der Waals surface area contributed by atoms with Crippen LogP contribution in [0.4, 0.5) is 0 Å². The van der Waals surface area contributed by atoms with Crippen LogP contribution in [0.1, 0.15) is 61.4 Å². The molecule has 1 heterocycles. The van der Waals surface area contributed by atoms with Crippen molar-refractivity contribution in [2.75, 3.05) is 0 Å². The van der Waals surface area contributed by atoms with Crippen molar-refractivity contribution in [3.05, 3.63) is 52.8 Å². The fourth-order valence-corrected chi connectivity index (χ4v) is 3.57. The number of fused-ring (bicyclic) bond motifs is 1. The van der Waals surface area contributed by atoms with Crippen LogP contribution in [0, 0.1) is 11.3 Å². The average Bonchev–Trinajstić information content (AvgIpc) is 3.09. The molecular formula is C17H19N3. The number of hydrogen-bond acceptors (Lipinski definition) is 2. The molecule has 3 nitrogen and oxygen atoms in total. The Morgan fingerprint density at radius 1 is 1.30 bits per heavy atom. The third-order valence-corrected chi connectivity index (χ3v) is 4.96. The quantitative estimate of drug-likeness (QED) is 0.915. The van der Waals surface area contributed by atoms with E-state index in [-0.39, 0.29) is 5.41 Å². The Labute approximate surface area is 119 Å². The van der Waals surface area contributed by atoms with E-state index in [2.05, 4.69) is 42.2 Å². The van der Waals surface area contributed by atoms with E-state index in [9.17, 15) is 0 Å². The molecule has 3 rings (SSSR count). The van der Waals surface area contributed by atoms with Crippen molar-refractivity contribution in [1.82, 2.24) is 10.2 Å². The average molecular weight is 265 g/mol. The van der Waals surface area contributed by atoms with Crippen LogP contribution in [-0.2, 0) is 5.41 Å². The minimum Gasteiger partial charge on any atom is -0.282 e. The Morgan fingerprint density at radius 2 is 2.00 bits per heavy atom. The second-order valence-corrected chi connectivity index (χ2v) is 5.68. The van der Waals surface area contributed by atoms with Gasteiger partial charge < -0.3 is 0 Å². The van der Waals surface area contributed by atoms with Gasteiger partial charge in [0.15, 0.2) is 0 Å². The highest BCUT2D eigenvalue weighted by Gasteiger charge is 2.43. The van der Waals surface area contributed by atoms with Crippen molar-refractivity contribution in [2.45, 2.75) is 44.4 Å². The number of aromatic nitrogens is 2. The van der Waals surface area contributed by atoms with Crippen molar-refractivity contribution in [3.8, 4) is 6.07 Å². The van der Waals surface area contributed by atoms with Crippen LogP contribution < -0.4 is 0 Å². The predicted molar refractivity (Wildman–Crippen MR) is 78.5 cm³/mol. The van der Waals surface area contributed by atoms with Crippen molar-refractivity contribution in [1.29, 1.82) is 5.26 Å². The molecule has 0 saturated carbocycles. The van der Waals surface area contributed by atoms with Crippen LogP contribution >= 0.6 is 0 Å². The van der Waals surface area contributed by atoms with Gasteiger partial charge in [-0.2, -0.15) is 10.4 Å². The lowest BCUT2D eigenvalue weighted by Gasteiger charge is -2.27. The lowest BCUT2D eigenvalue weighted by molar-refractivity contribution is 0.370. The molecule has 102 valence electrons. The highest BCUT2D eigenvalue weighted by molar-refractivity contribution is 5.44. The van der Waals surface area contributed by atoms with Gasteiger partial charge in [0, 0.05) is 22.6 Å². The zero-order valence-electron chi connectivity index (χ0n) is 12.0. The van der Waals surface area contributed by atoms with Gasteiger partial charge in [-0.05, 0) is 37.0 Å². The molecule has 1 aliphatic rings. The molecular weight excluding hydrogens is 246 g/mol. The van der Waals surface area contributed by atoms with Gasteiger partial charge >= 0.3 is 0 Å². The summed E-state index contributed by atoms with van der Waals surface area (Å²) in [5.74, 6) is 0.399. The molecule has 1 aromatic heterocycles. The van der Waals surface area contributed by atoms with Crippen LogP contribution in [-0.4, -0.2) is 10.2 Å². The van der Waals surface area contributed by atoms with Crippen LogP contribution in [0.3, 0.4) is 0 Å². The summed E-state index contributed by atoms with van der Waals surface area (Å²) in [5.41, 5.74) is 4.88. The van der Waals surface area contributed by atoms with E-state index in [0.29, 0.717) is 5.92 Å². The number of hydrogen-bond donors (Lipinski definition) is 1. The zero-order valence-corrected chi connectivity index (χ0v) is 12.0. The van der Waals surface area contributed by atoms with E-state index in [1.807, 2.05) is 18.3 Å². The number of benzene rings is 1. The Bertz CT molecular complexity index is 642. The maximum Gasteiger partial charge on any atom is 0.0991 e. The van der Waals surface area contributed by atoms with E-state index >= 15 is 0 Å². The molecule has 0 bridgehead atoms. The van der Waals surface area contributed by atoms with Gasteiger partial charge in [0.05, 0.1) is 17.8 Å². The molecule has 1 unspecified atom stereocenters. The molecule has 1 aliphatic carbocycles. The number of nitrogens with zero attached hydrogens (tertiary/aromatic N) is 2. The minimum absolute atomic E-state index is 0.227. The lowest BCUT2D eigenvalue weighted by Crippen LogP contribution is -2.22. The van der Waals surface area contributed by atoms with E-state index < -0.39 is 0 Å². The Hall–Kier alpha value is -2.08. The van der Waals surface area contributed by atoms with Gasteiger partial charge in [-0.25, -0.2) is 0 Å². The predicted octanol–water partition coefficient (Wildman–Crippen LogP) is 3.87. The number of aromatic amines is 1. The fraction of sp³-hybridized carbons (Fsp3) is 0.412. The molecule has 0 amide bonds. The first kappa shape index (κ1) is 12.9. The SMILES string of the molecule is CCC1(CC)CC(c2ccc(C#N)cc2)c2cn[nH]c21. The molecule has 0 saturated heterocycles. The molecule has 0 spiro atoms. The van der Waals surface area contributed by atoms with Crippen molar-refractivity contribution < 1.29 is 0 Å². The van der Waals surface area contributed by atoms with E-state index in [4.69, 9.17) is 5.26 Å². The summed E-state index contributed by atoms with van der Waals surface area (Å²) in [5, 5.41) is 16.4. The molecule has 0 radical (unpaired) electrons. The summed E-state index contributed by atoms with van der Waals surface area (Å²) in [4.78, 5) is 0.